The number of carbonyl (C=O) groups is 1. The number of carbonyl (C=O) groups excluding carboxylic acids is 1. The van der Waals surface area contributed by atoms with Crippen LogP contribution in [0.25, 0.3) is 0 Å². The van der Waals surface area contributed by atoms with Crippen molar-refractivity contribution in [2.45, 2.75) is 0 Å². The van der Waals surface area contributed by atoms with E-state index in [4.69, 9.17) is 4.74 Å². The molecule has 0 fully saturated rings. The van der Waals surface area contributed by atoms with E-state index in [1.165, 1.54) is 0 Å². The van der Waals surface area contributed by atoms with Crippen LogP contribution in [-0.2, 0) is 0 Å². The van der Waals surface area contributed by atoms with Gasteiger partial charge in [-0.3, -0.25) is 4.79 Å². The highest BCUT2D eigenvalue weighted by Gasteiger charge is 2.18. The quantitative estimate of drug-likeness (QED) is 0.884. The van der Waals surface area contributed by atoms with Crippen molar-refractivity contribution in [3.05, 3.63) is 52.5 Å². The maximum absolute atomic E-state index is 12.3. The van der Waals surface area contributed by atoms with Gasteiger partial charge in [-0.25, -0.2) is 0 Å². The number of para-hydroxylation sites is 1. The van der Waals surface area contributed by atoms with Crippen LogP contribution in [0.4, 0.5) is 11.4 Å². The van der Waals surface area contributed by atoms with Gasteiger partial charge in [-0.1, -0.05) is 22.0 Å². The molecule has 0 saturated carbocycles. The number of fused-ring (bicyclic) bond motifs is 1. The molecule has 2 aromatic carbocycles. The standard InChI is InChI=1S/C15H13BrN2O2/c16-10-4-6-11(7-5-10)18-15(19)12-2-1-3-13-14(12)20-9-8-17-13/h1-7,17H,8-9H2,(H,18,19). The van der Waals surface area contributed by atoms with Gasteiger partial charge in [0.15, 0.2) is 5.75 Å². The molecule has 0 radical (unpaired) electrons. The molecule has 5 heteroatoms. The van der Waals surface area contributed by atoms with Crippen LogP contribution in [0.3, 0.4) is 0 Å². The molecule has 1 aliphatic rings. The third-order valence-electron chi connectivity index (χ3n) is 3.03. The maximum atomic E-state index is 12.3. The number of halogens is 1. The van der Waals surface area contributed by atoms with Gasteiger partial charge in [-0.05, 0) is 36.4 Å². The van der Waals surface area contributed by atoms with E-state index in [-0.39, 0.29) is 5.91 Å². The molecule has 0 bridgehead atoms. The molecule has 3 rings (SSSR count). The summed E-state index contributed by atoms with van der Waals surface area (Å²) < 4.78 is 6.57. The lowest BCUT2D eigenvalue weighted by Crippen LogP contribution is -2.21. The van der Waals surface area contributed by atoms with Gasteiger partial charge >= 0.3 is 0 Å². The molecule has 20 heavy (non-hydrogen) atoms. The molecule has 4 nitrogen and oxygen atoms in total. The van der Waals surface area contributed by atoms with Gasteiger partial charge in [-0.15, -0.1) is 0 Å². The molecule has 2 aromatic rings. The first-order valence-corrected chi connectivity index (χ1v) is 7.10. The van der Waals surface area contributed by atoms with Crippen molar-refractivity contribution in [3.63, 3.8) is 0 Å². The third kappa shape index (κ3) is 2.63. The van der Waals surface area contributed by atoms with Gasteiger partial charge in [0, 0.05) is 16.7 Å². The predicted molar refractivity (Wildman–Crippen MR) is 82.5 cm³/mol. The smallest absolute Gasteiger partial charge is 0.259 e. The fourth-order valence-corrected chi connectivity index (χ4v) is 2.35. The van der Waals surface area contributed by atoms with Crippen LogP contribution in [0.2, 0.25) is 0 Å². The molecule has 0 aromatic heterocycles. The zero-order valence-electron chi connectivity index (χ0n) is 10.7. The lowest BCUT2D eigenvalue weighted by Gasteiger charge is -2.21. The second-order valence-electron chi connectivity index (χ2n) is 4.42. The predicted octanol–water partition coefficient (Wildman–Crippen LogP) is 3.51. The molecule has 102 valence electrons. The fourth-order valence-electron chi connectivity index (χ4n) is 2.08. The first-order chi connectivity index (χ1) is 9.74. The van der Waals surface area contributed by atoms with E-state index in [1.807, 2.05) is 36.4 Å². The van der Waals surface area contributed by atoms with E-state index in [1.54, 1.807) is 6.07 Å². The minimum Gasteiger partial charge on any atom is -0.489 e. The Hall–Kier alpha value is -2.01. The minimum atomic E-state index is -0.173. The van der Waals surface area contributed by atoms with E-state index >= 15 is 0 Å². The zero-order valence-corrected chi connectivity index (χ0v) is 12.2. The Balaban J connectivity index is 1.85. The third-order valence-corrected chi connectivity index (χ3v) is 3.55. The van der Waals surface area contributed by atoms with E-state index in [0.29, 0.717) is 17.9 Å². The summed E-state index contributed by atoms with van der Waals surface area (Å²) in [4.78, 5) is 12.3. The number of ether oxygens (including phenoxy) is 1. The summed E-state index contributed by atoms with van der Waals surface area (Å²) in [5.41, 5.74) is 2.15. The van der Waals surface area contributed by atoms with Crippen LogP contribution in [0, 0.1) is 0 Å². The molecule has 0 spiro atoms. The number of amides is 1. The van der Waals surface area contributed by atoms with E-state index < -0.39 is 0 Å². The van der Waals surface area contributed by atoms with Crippen LogP contribution in [0.15, 0.2) is 46.9 Å². The van der Waals surface area contributed by atoms with Crippen molar-refractivity contribution in [2.75, 3.05) is 23.8 Å². The maximum Gasteiger partial charge on any atom is 0.259 e. The van der Waals surface area contributed by atoms with Gasteiger partial charge < -0.3 is 15.4 Å². The number of benzene rings is 2. The molecule has 0 saturated heterocycles. The van der Waals surface area contributed by atoms with Crippen LogP contribution >= 0.6 is 15.9 Å². The normalized spacial score (nSPS) is 12.8. The Morgan fingerprint density at radius 1 is 1.20 bits per heavy atom. The van der Waals surface area contributed by atoms with Gasteiger partial charge in [0.2, 0.25) is 0 Å². The first-order valence-electron chi connectivity index (χ1n) is 6.30. The number of nitrogens with one attached hydrogen (secondary N) is 2. The molecule has 1 aliphatic heterocycles. The summed E-state index contributed by atoms with van der Waals surface area (Å²) in [7, 11) is 0. The number of hydrogen-bond donors (Lipinski definition) is 2. The van der Waals surface area contributed by atoms with Crippen molar-refractivity contribution >= 4 is 33.2 Å². The topological polar surface area (TPSA) is 50.4 Å². The highest BCUT2D eigenvalue weighted by molar-refractivity contribution is 9.10. The molecular weight excluding hydrogens is 320 g/mol. The number of rotatable bonds is 2. The van der Waals surface area contributed by atoms with Crippen molar-refractivity contribution in [1.29, 1.82) is 0 Å². The van der Waals surface area contributed by atoms with Crippen LogP contribution in [-0.4, -0.2) is 19.1 Å². The summed E-state index contributed by atoms with van der Waals surface area (Å²) in [6.07, 6.45) is 0. The summed E-state index contributed by atoms with van der Waals surface area (Å²) in [5, 5.41) is 6.09. The number of anilines is 2. The van der Waals surface area contributed by atoms with Gasteiger partial charge in [0.05, 0.1) is 11.3 Å². The summed E-state index contributed by atoms with van der Waals surface area (Å²) in [6, 6.07) is 13.0. The Morgan fingerprint density at radius 3 is 2.80 bits per heavy atom. The molecule has 0 aliphatic carbocycles. The largest absolute Gasteiger partial charge is 0.489 e. The minimum absolute atomic E-state index is 0.173. The Labute approximate surface area is 125 Å². The highest BCUT2D eigenvalue weighted by Crippen LogP contribution is 2.31. The molecular formula is C15H13BrN2O2. The molecule has 2 N–H and O–H groups in total. The summed E-state index contributed by atoms with van der Waals surface area (Å²) >= 11 is 3.36. The van der Waals surface area contributed by atoms with Crippen LogP contribution in [0.5, 0.6) is 5.75 Å². The number of hydrogen-bond acceptors (Lipinski definition) is 3. The van der Waals surface area contributed by atoms with Gasteiger partial charge in [0.25, 0.3) is 5.91 Å². The monoisotopic (exact) mass is 332 g/mol. The lowest BCUT2D eigenvalue weighted by molar-refractivity contribution is 0.102. The van der Waals surface area contributed by atoms with Crippen molar-refractivity contribution in [3.8, 4) is 5.75 Å². The molecule has 1 heterocycles. The van der Waals surface area contributed by atoms with Crippen LogP contribution in [0.1, 0.15) is 10.4 Å². The zero-order chi connectivity index (χ0) is 13.9. The van der Waals surface area contributed by atoms with Crippen molar-refractivity contribution in [2.24, 2.45) is 0 Å². The Kier molecular flexibility index (Phi) is 3.60. The van der Waals surface area contributed by atoms with Gasteiger partial charge in [0.1, 0.15) is 6.61 Å². The van der Waals surface area contributed by atoms with Crippen molar-refractivity contribution < 1.29 is 9.53 Å². The average Bonchev–Trinajstić information content (AvgIpc) is 2.49. The van der Waals surface area contributed by atoms with Crippen molar-refractivity contribution in [1.82, 2.24) is 0 Å². The van der Waals surface area contributed by atoms with E-state index in [2.05, 4.69) is 26.6 Å². The Morgan fingerprint density at radius 2 is 2.00 bits per heavy atom. The van der Waals surface area contributed by atoms with E-state index in [0.717, 1.165) is 22.4 Å². The molecule has 0 unspecified atom stereocenters. The van der Waals surface area contributed by atoms with Gasteiger partial charge in [-0.2, -0.15) is 0 Å². The second-order valence-corrected chi connectivity index (χ2v) is 5.33. The SMILES string of the molecule is O=C(Nc1ccc(Br)cc1)c1cccc2c1OCCN2. The average molecular weight is 333 g/mol. The van der Waals surface area contributed by atoms with E-state index in [9.17, 15) is 4.79 Å². The molecule has 1 amide bonds. The fraction of sp³-hybridized carbons (Fsp3) is 0.133. The Bertz CT molecular complexity index is 641. The summed E-state index contributed by atoms with van der Waals surface area (Å²) in [5.74, 6) is 0.446. The first kappa shape index (κ1) is 13.0. The highest BCUT2D eigenvalue weighted by atomic mass is 79.9. The second kappa shape index (κ2) is 5.54. The van der Waals surface area contributed by atoms with Crippen LogP contribution < -0.4 is 15.4 Å². The lowest BCUT2D eigenvalue weighted by atomic mass is 10.1. The summed E-state index contributed by atoms with van der Waals surface area (Å²) in [6.45, 7) is 1.32. The molecule has 0 atom stereocenters.